The highest BCUT2D eigenvalue weighted by Gasteiger charge is 2.34. The lowest BCUT2D eigenvalue weighted by Crippen LogP contribution is -2.58. The topological polar surface area (TPSA) is 41.6 Å². The Morgan fingerprint density at radius 3 is 2.63 bits per heavy atom. The molecule has 0 radical (unpaired) electrons. The summed E-state index contributed by atoms with van der Waals surface area (Å²) in [6.07, 6.45) is 0.358. The summed E-state index contributed by atoms with van der Waals surface area (Å²) < 4.78 is 5.78. The number of carbonyl (C=O) groups excluding carboxylic acids is 1. The van der Waals surface area contributed by atoms with Gasteiger partial charge in [0, 0.05) is 31.6 Å². The van der Waals surface area contributed by atoms with E-state index >= 15 is 0 Å². The molecule has 102 valence electrons. The number of benzene rings is 1. The van der Waals surface area contributed by atoms with Gasteiger partial charge in [-0.05, 0) is 25.5 Å². The molecule has 2 heterocycles. The zero-order valence-corrected chi connectivity index (χ0v) is 11.4. The van der Waals surface area contributed by atoms with Gasteiger partial charge in [-0.15, -0.1) is 0 Å². The maximum Gasteiger partial charge on any atom is 0.264 e. The molecule has 0 unspecified atom stereocenters. The molecule has 0 aliphatic carbocycles. The lowest BCUT2D eigenvalue weighted by atomic mass is 10.1. The van der Waals surface area contributed by atoms with Crippen LogP contribution in [0.15, 0.2) is 24.3 Å². The quantitative estimate of drug-likeness (QED) is 0.825. The number of carbonyl (C=O) groups is 1. The minimum atomic E-state index is -0.338. The number of rotatable bonds is 1. The van der Waals surface area contributed by atoms with E-state index in [2.05, 4.69) is 19.2 Å². The van der Waals surface area contributed by atoms with Gasteiger partial charge in [-0.25, -0.2) is 0 Å². The van der Waals surface area contributed by atoms with Crippen LogP contribution in [-0.2, 0) is 11.2 Å². The fourth-order valence-electron chi connectivity index (χ4n) is 3.03. The van der Waals surface area contributed by atoms with Crippen LogP contribution < -0.4 is 10.1 Å². The number of hydrogen-bond acceptors (Lipinski definition) is 3. The molecule has 0 saturated carbocycles. The lowest BCUT2D eigenvalue weighted by Gasteiger charge is -2.37. The van der Waals surface area contributed by atoms with Crippen molar-refractivity contribution in [1.29, 1.82) is 0 Å². The van der Waals surface area contributed by atoms with Gasteiger partial charge in [-0.3, -0.25) is 4.79 Å². The lowest BCUT2D eigenvalue weighted by molar-refractivity contribution is -0.139. The second-order valence-corrected chi connectivity index (χ2v) is 5.63. The third kappa shape index (κ3) is 2.45. The van der Waals surface area contributed by atoms with E-state index in [0.717, 1.165) is 24.4 Å². The predicted octanol–water partition coefficient (Wildman–Crippen LogP) is 1.20. The molecule has 3 rings (SSSR count). The number of nitrogens with one attached hydrogen (secondary N) is 1. The van der Waals surface area contributed by atoms with E-state index in [-0.39, 0.29) is 12.0 Å². The third-order valence-electron chi connectivity index (χ3n) is 3.79. The van der Waals surface area contributed by atoms with Crippen molar-refractivity contribution in [1.82, 2.24) is 10.2 Å². The van der Waals surface area contributed by atoms with Crippen LogP contribution in [0.2, 0.25) is 0 Å². The van der Waals surface area contributed by atoms with E-state index in [1.165, 1.54) is 0 Å². The first-order chi connectivity index (χ1) is 9.13. The van der Waals surface area contributed by atoms with Crippen molar-refractivity contribution in [2.24, 2.45) is 0 Å². The normalized spacial score (nSPS) is 29.8. The Kier molecular flexibility index (Phi) is 3.19. The Balaban J connectivity index is 1.69. The Bertz CT molecular complexity index is 454. The van der Waals surface area contributed by atoms with Gasteiger partial charge in [0.1, 0.15) is 5.75 Å². The van der Waals surface area contributed by atoms with Crippen LogP contribution in [0.1, 0.15) is 19.4 Å². The van der Waals surface area contributed by atoms with Crippen LogP contribution in [0.25, 0.3) is 0 Å². The van der Waals surface area contributed by atoms with Crippen LogP contribution in [0.3, 0.4) is 0 Å². The molecule has 4 nitrogen and oxygen atoms in total. The van der Waals surface area contributed by atoms with Gasteiger partial charge in [0.15, 0.2) is 6.10 Å². The van der Waals surface area contributed by atoms with Crippen LogP contribution in [-0.4, -0.2) is 42.1 Å². The summed E-state index contributed by atoms with van der Waals surface area (Å²) >= 11 is 0. The first kappa shape index (κ1) is 12.5. The number of ether oxygens (including phenoxy) is 1. The number of para-hydroxylation sites is 1. The molecule has 1 aromatic rings. The van der Waals surface area contributed by atoms with Crippen molar-refractivity contribution in [3.63, 3.8) is 0 Å². The second kappa shape index (κ2) is 4.85. The van der Waals surface area contributed by atoms with Gasteiger partial charge in [-0.1, -0.05) is 18.2 Å². The highest BCUT2D eigenvalue weighted by atomic mass is 16.5. The molecule has 1 amide bonds. The summed E-state index contributed by atoms with van der Waals surface area (Å²) in [4.78, 5) is 14.5. The van der Waals surface area contributed by atoms with Crippen LogP contribution in [0, 0.1) is 0 Å². The summed E-state index contributed by atoms with van der Waals surface area (Å²) in [5, 5.41) is 3.44. The monoisotopic (exact) mass is 260 g/mol. The van der Waals surface area contributed by atoms with Gasteiger partial charge in [-0.2, -0.15) is 0 Å². The number of amides is 1. The highest BCUT2D eigenvalue weighted by molar-refractivity contribution is 5.82. The highest BCUT2D eigenvalue weighted by Crippen LogP contribution is 2.29. The van der Waals surface area contributed by atoms with Crippen molar-refractivity contribution < 1.29 is 9.53 Å². The molecular formula is C15H20N2O2. The maximum atomic E-state index is 12.5. The SMILES string of the molecule is C[C@@H]1CN(C(=O)[C@H]2Cc3ccccc3O2)C[C@H](C)N1. The molecule has 3 atom stereocenters. The Hall–Kier alpha value is -1.55. The summed E-state index contributed by atoms with van der Waals surface area (Å²) in [6, 6.07) is 8.59. The van der Waals surface area contributed by atoms with Crippen molar-refractivity contribution in [2.75, 3.05) is 13.1 Å². The Morgan fingerprint density at radius 1 is 1.26 bits per heavy atom. The average Bonchev–Trinajstić information content (AvgIpc) is 2.80. The van der Waals surface area contributed by atoms with Crippen LogP contribution >= 0.6 is 0 Å². The first-order valence-corrected chi connectivity index (χ1v) is 6.93. The molecule has 0 bridgehead atoms. The minimum Gasteiger partial charge on any atom is -0.480 e. The molecule has 4 heteroatoms. The molecule has 1 fully saturated rings. The van der Waals surface area contributed by atoms with Gasteiger partial charge in [0.25, 0.3) is 5.91 Å². The van der Waals surface area contributed by atoms with E-state index in [4.69, 9.17) is 4.74 Å². The fraction of sp³-hybridized carbons (Fsp3) is 0.533. The van der Waals surface area contributed by atoms with Gasteiger partial charge >= 0.3 is 0 Å². The standard InChI is InChI=1S/C15H20N2O2/c1-10-8-17(9-11(2)16-10)15(18)14-7-12-5-3-4-6-13(12)19-14/h3-6,10-11,14,16H,7-9H2,1-2H3/t10-,11+,14-/m1/s1. The van der Waals surface area contributed by atoms with Gasteiger partial charge < -0.3 is 15.0 Å². The summed E-state index contributed by atoms with van der Waals surface area (Å²) in [5.41, 5.74) is 1.14. The van der Waals surface area contributed by atoms with Crippen molar-refractivity contribution in [3.05, 3.63) is 29.8 Å². The molecule has 19 heavy (non-hydrogen) atoms. The fourth-order valence-corrected chi connectivity index (χ4v) is 3.03. The van der Waals surface area contributed by atoms with Crippen molar-refractivity contribution >= 4 is 5.91 Å². The van der Waals surface area contributed by atoms with Gasteiger partial charge in [0.05, 0.1) is 0 Å². The molecule has 0 spiro atoms. The smallest absolute Gasteiger partial charge is 0.264 e. The van der Waals surface area contributed by atoms with E-state index in [1.807, 2.05) is 29.2 Å². The zero-order valence-electron chi connectivity index (χ0n) is 11.4. The van der Waals surface area contributed by atoms with Crippen molar-refractivity contribution in [2.45, 2.75) is 38.5 Å². The Morgan fingerprint density at radius 2 is 1.95 bits per heavy atom. The molecule has 1 aromatic carbocycles. The van der Waals surface area contributed by atoms with E-state index < -0.39 is 0 Å². The maximum absolute atomic E-state index is 12.5. The minimum absolute atomic E-state index is 0.122. The molecular weight excluding hydrogens is 240 g/mol. The van der Waals surface area contributed by atoms with Gasteiger partial charge in [0.2, 0.25) is 0 Å². The molecule has 1 N–H and O–H groups in total. The average molecular weight is 260 g/mol. The molecule has 2 aliphatic rings. The first-order valence-electron chi connectivity index (χ1n) is 6.93. The van der Waals surface area contributed by atoms with E-state index in [1.54, 1.807) is 0 Å². The second-order valence-electron chi connectivity index (χ2n) is 5.63. The number of hydrogen-bond donors (Lipinski definition) is 1. The number of nitrogens with zero attached hydrogens (tertiary/aromatic N) is 1. The van der Waals surface area contributed by atoms with E-state index in [0.29, 0.717) is 18.5 Å². The molecule has 2 aliphatic heterocycles. The van der Waals surface area contributed by atoms with Crippen LogP contribution in [0.5, 0.6) is 5.75 Å². The largest absolute Gasteiger partial charge is 0.480 e. The van der Waals surface area contributed by atoms with Crippen LogP contribution in [0.4, 0.5) is 0 Å². The number of piperazine rings is 1. The zero-order chi connectivity index (χ0) is 13.4. The summed E-state index contributed by atoms with van der Waals surface area (Å²) in [7, 11) is 0. The Labute approximate surface area is 113 Å². The third-order valence-corrected chi connectivity index (χ3v) is 3.79. The van der Waals surface area contributed by atoms with E-state index in [9.17, 15) is 4.79 Å². The van der Waals surface area contributed by atoms with Crippen molar-refractivity contribution in [3.8, 4) is 5.75 Å². The molecule has 1 saturated heterocycles. The molecule has 0 aromatic heterocycles. The summed E-state index contributed by atoms with van der Waals surface area (Å²) in [5.74, 6) is 0.980. The summed E-state index contributed by atoms with van der Waals surface area (Å²) in [6.45, 7) is 5.75. The predicted molar refractivity (Wildman–Crippen MR) is 73.2 cm³/mol. The number of fused-ring (bicyclic) bond motifs is 1.